The summed E-state index contributed by atoms with van der Waals surface area (Å²) in [7, 11) is 1.57. The average molecular weight is 591 g/mol. The SMILES string of the molecule is Cc1c(-c2cc(C(=O)NC(C)(C)C)c(=O)n(C)c2)nn(-c2ccccc2)c1NC(=O)N[C@@H]1CNO[C@H]1C1=CC(F)=NCC1. The zero-order valence-electron chi connectivity index (χ0n) is 24.7. The molecule has 3 aromatic rings. The number of nitrogens with one attached hydrogen (secondary N) is 4. The number of para-hydroxylation sites is 1. The number of pyridine rings is 1. The third-order valence-corrected chi connectivity index (χ3v) is 7.07. The second-order valence-corrected chi connectivity index (χ2v) is 11.6. The lowest BCUT2D eigenvalue weighted by Gasteiger charge is -2.22. The van der Waals surface area contributed by atoms with Crippen LogP contribution in [0.1, 0.15) is 43.1 Å². The van der Waals surface area contributed by atoms with Crippen LogP contribution in [0.5, 0.6) is 0 Å². The van der Waals surface area contributed by atoms with Crippen molar-refractivity contribution in [3.8, 4) is 16.9 Å². The lowest BCUT2D eigenvalue weighted by Crippen LogP contribution is -2.45. The number of allylic oxidation sites excluding steroid dienone is 1. The average Bonchev–Trinajstić information content (AvgIpc) is 3.54. The fraction of sp³-hybridized carbons (Fsp3) is 0.367. The molecule has 1 saturated heterocycles. The molecule has 2 aromatic heterocycles. The number of hydrogen-bond acceptors (Lipinski definition) is 7. The number of hydroxylamine groups is 1. The molecule has 226 valence electrons. The van der Waals surface area contributed by atoms with Gasteiger partial charge < -0.3 is 15.2 Å². The van der Waals surface area contributed by atoms with Crippen molar-refractivity contribution in [3.63, 3.8) is 0 Å². The lowest BCUT2D eigenvalue weighted by molar-refractivity contribution is 0.0480. The fourth-order valence-electron chi connectivity index (χ4n) is 5.06. The van der Waals surface area contributed by atoms with Crippen LogP contribution in [-0.2, 0) is 11.9 Å². The highest BCUT2D eigenvalue weighted by atomic mass is 19.1. The van der Waals surface area contributed by atoms with Gasteiger partial charge >= 0.3 is 6.03 Å². The van der Waals surface area contributed by atoms with E-state index in [0.717, 1.165) is 0 Å². The normalized spacial score (nSPS) is 18.6. The van der Waals surface area contributed by atoms with Gasteiger partial charge in [0, 0.05) is 43.0 Å². The van der Waals surface area contributed by atoms with Crippen molar-refractivity contribution in [3.05, 3.63) is 75.7 Å². The van der Waals surface area contributed by atoms with E-state index in [4.69, 9.17) is 9.94 Å². The Morgan fingerprint density at radius 1 is 1.19 bits per heavy atom. The summed E-state index contributed by atoms with van der Waals surface area (Å²) in [4.78, 5) is 48.6. The molecule has 0 saturated carbocycles. The largest absolute Gasteiger partial charge is 0.347 e. The molecule has 2 aliphatic heterocycles. The molecular weight excluding hydrogens is 555 g/mol. The van der Waals surface area contributed by atoms with Crippen molar-refractivity contribution in [2.24, 2.45) is 12.0 Å². The van der Waals surface area contributed by atoms with E-state index >= 15 is 0 Å². The van der Waals surface area contributed by atoms with E-state index in [1.54, 1.807) is 24.9 Å². The minimum atomic E-state index is -0.563. The van der Waals surface area contributed by atoms with Crippen molar-refractivity contribution >= 4 is 23.7 Å². The minimum Gasteiger partial charge on any atom is -0.347 e. The van der Waals surface area contributed by atoms with Crippen LogP contribution in [0.4, 0.5) is 15.0 Å². The highest BCUT2D eigenvalue weighted by molar-refractivity contribution is 5.96. The Hall–Kier alpha value is -4.62. The Bertz CT molecular complexity index is 1670. The predicted octanol–water partition coefficient (Wildman–Crippen LogP) is 3.17. The number of rotatable bonds is 6. The van der Waals surface area contributed by atoms with Gasteiger partial charge in [0.25, 0.3) is 11.5 Å². The maximum absolute atomic E-state index is 13.8. The van der Waals surface area contributed by atoms with Gasteiger partial charge in [0.2, 0.25) is 5.97 Å². The maximum Gasteiger partial charge on any atom is 0.320 e. The summed E-state index contributed by atoms with van der Waals surface area (Å²) in [6, 6.07) is 9.81. The molecule has 13 heteroatoms. The molecule has 0 aliphatic carbocycles. The predicted molar refractivity (Wildman–Crippen MR) is 161 cm³/mol. The highest BCUT2D eigenvalue weighted by Crippen LogP contribution is 2.31. The first kappa shape index (κ1) is 29.9. The van der Waals surface area contributed by atoms with Crippen molar-refractivity contribution in [2.75, 3.05) is 18.4 Å². The van der Waals surface area contributed by atoms with E-state index in [2.05, 4.69) is 26.4 Å². The standard InChI is InChI=1S/C30H35FN8O4/c1-17-24(19-13-21(28(41)38(5)16-19)27(40)36-30(2,3)4)37-39(20-9-7-6-8-10-20)26(17)35-29(42)34-22-15-33-43-25(22)18-11-12-32-23(31)14-18/h6-10,13-14,16,22,25,33H,11-12,15H2,1-5H3,(H,36,40)(H2,34,35,42)/t22-,25+/m1/s1. The number of carbonyl (C=O) groups excluding carboxylic acids is 2. The number of carbonyl (C=O) groups is 2. The van der Waals surface area contributed by atoms with Crippen LogP contribution in [0.25, 0.3) is 16.9 Å². The van der Waals surface area contributed by atoms with Gasteiger partial charge in [0.1, 0.15) is 17.5 Å². The third-order valence-electron chi connectivity index (χ3n) is 7.07. The van der Waals surface area contributed by atoms with Gasteiger partial charge in [-0.15, -0.1) is 0 Å². The molecule has 3 amide bonds. The van der Waals surface area contributed by atoms with E-state index in [9.17, 15) is 18.8 Å². The number of anilines is 1. The summed E-state index contributed by atoms with van der Waals surface area (Å²) in [5.41, 5.74) is 4.81. The van der Waals surface area contributed by atoms with Crippen molar-refractivity contribution in [2.45, 2.75) is 51.8 Å². The molecule has 0 unspecified atom stereocenters. The number of dihydropyridines is 1. The fourth-order valence-corrected chi connectivity index (χ4v) is 5.06. The van der Waals surface area contributed by atoms with Gasteiger partial charge in [-0.25, -0.2) is 9.48 Å². The molecule has 4 heterocycles. The zero-order chi connectivity index (χ0) is 30.9. The number of urea groups is 1. The Balaban J connectivity index is 1.48. The van der Waals surface area contributed by atoms with Crippen LogP contribution in [0, 0.1) is 6.92 Å². The summed E-state index contributed by atoms with van der Waals surface area (Å²) in [6.07, 6.45) is 2.93. The molecule has 12 nitrogen and oxygen atoms in total. The summed E-state index contributed by atoms with van der Waals surface area (Å²) < 4.78 is 16.7. The van der Waals surface area contributed by atoms with Gasteiger partial charge in [0.15, 0.2) is 0 Å². The lowest BCUT2D eigenvalue weighted by atomic mass is 9.98. The van der Waals surface area contributed by atoms with Crippen LogP contribution < -0.4 is 27.0 Å². The smallest absolute Gasteiger partial charge is 0.320 e. The Kier molecular flexibility index (Phi) is 8.29. The van der Waals surface area contributed by atoms with Crippen LogP contribution in [0.3, 0.4) is 0 Å². The summed E-state index contributed by atoms with van der Waals surface area (Å²) in [6.45, 7) is 7.95. The number of nitrogens with zero attached hydrogens (tertiary/aromatic N) is 4. The second kappa shape index (κ2) is 11.9. The third kappa shape index (κ3) is 6.57. The van der Waals surface area contributed by atoms with Crippen molar-refractivity contribution in [1.29, 1.82) is 0 Å². The number of aliphatic imine (C=N–C) groups is 1. The van der Waals surface area contributed by atoms with E-state index in [1.165, 1.54) is 16.7 Å². The molecule has 1 fully saturated rings. The van der Waals surface area contributed by atoms with Gasteiger partial charge in [0.05, 0.1) is 17.4 Å². The molecule has 2 aliphatic rings. The summed E-state index contributed by atoms with van der Waals surface area (Å²) >= 11 is 0. The van der Waals surface area contributed by atoms with E-state index in [1.807, 2.05) is 51.1 Å². The van der Waals surface area contributed by atoms with Gasteiger partial charge in [-0.3, -0.25) is 24.7 Å². The highest BCUT2D eigenvalue weighted by Gasteiger charge is 2.34. The Morgan fingerprint density at radius 3 is 2.63 bits per heavy atom. The minimum absolute atomic E-state index is 0.0193. The number of aromatic nitrogens is 3. The molecule has 1 aromatic carbocycles. The topological polar surface area (TPSA) is 144 Å². The summed E-state index contributed by atoms with van der Waals surface area (Å²) in [5.74, 6) is -0.659. The Labute approximate surface area is 248 Å². The number of halogens is 1. The molecule has 43 heavy (non-hydrogen) atoms. The van der Waals surface area contributed by atoms with Crippen molar-refractivity contribution in [1.82, 2.24) is 30.5 Å². The molecule has 0 bridgehead atoms. The maximum atomic E-state index is 13.8. The van der Waals surface area contributed by atoms with Gasteiger partial charge in [-0.05, 0) is 64.0 Å². The van der Waals surface area contributed by atoms with Crippen LogP contribution in [-0.4, -0.2) is 63.0 Å². The van der Waals surface area contributed by atoms with Gasteiger partial charge in [-0.1, -0.05) is 18.2 Å². The number of aryl methyl sites for hydroxylation is 1. The van der Waals surface area contributed by atoms with E-state index < -0.39 is 41.1 Å². The quantitative estimate of drug-likeness (QED) is 0.347. The molecule has 5 rings (SSSR count). The first-order valence-corrected chi connectivity index (χ1v) is 14.0. The van der Waals surface area contributed by atoms with Crippen molar-refractivity contribution < 1.29 is 18.8 Å². The first-order valence-electron chi connectivity index (χ1n) is 14.0. The first-order chi connectivity index (χ1) is 20.4. The molecule has 2 atom stereocenters. The number of benzene rings is 1. The second-order valence-electron chi connectivity index (χ2n) is 11.6. The molecule has 0 radical (unpaired) electrons. The zero-order valence-corrected chi connectivity index (χ0v) is 24.7. The van der Waals surface area contributed by atoms with E-state index in [-0.39, 0.29) is 5.56 Å². The van der Waals surface area contributed by atoms with Crippen LogP contribution >= 0.6 is 0 Å². The van der Waals surface area contributed by atoms with Crippen LogP contribution in [0.2, 0.25) is 0 Å². The number of amides is 3. The molecule has 0 spiro atoms. The Morgan fingerprint density at radius 2 is 1.93 bits per heavy atom. The summed E-state index contributed by atoms with van der Waals surface area (Å²) in [5, 5.41) is 13.5. The van der Waals surface area contributed by atoms with Crippen LogP contribution in [0.15, 0.2) is 64.0 Å². The molecular formula is C30H35FN8O4. The number of hydrogen-bond donors (Lipinski definition) is 4. The van der Waals surface area contributed by atoms with Gasteiger partial charge in [-0.2, -0.15) is 15.0 Å². The molecule has 4 N–H and O–H groups in total. The van der Waals surface area contributed by atoms with E-state index in [0.29, 0.717) is 53.4 Å². The monoisotopic (exact) mass is 590 g/mol.